The minimum Gasteiger partial charge on any atom is -0.506 e. The molecule has 3 aromatic rings. The number of anilines is 1. The third kappa shape index (κ3) is 6.82. The number of phenolic OH excluding ortho intramolecular Hbond substituents is 1. The Labute approximate surface area is 214 Å². The monoisotopic (exact) mass is 591 g/mol. The van der Waals surface area contributed by atoms with Crippen LogP contribution in [0, 0.1) is 0 Å². The number of halogens is 2. The Bertz CT molecular complexity index is 1140. The Hall–Kier alpha value is -2.88. The molecule has 9 heteroatoms. The number of ketones is 1. The van der Waals surface area contributed by atoms with Gasteiger partial charge in [0.2, 0.25) is 0 Å². The SMILES string of the molecule is CC(=O)c1ccc(NC(=O)O[C@@H](c2cc(Br)cc(Br)c2O)[C@H](CCO)Oc2ccccc2)cc1. The lowest BCUT2D eigenvalue weighted by Gasteiger charge is -2.28. The van der Waals surface area contributed by atoms with E-state index < -0.39 is 18.3 Å². The van der Waals surface area contributed by atoms with Crippen LogP contribution in [0.5, 0.6) is 11.5 Å². The number of aliphatic hydroxyl groups is 1. The zero-order valence-corrected chi connectivity index (χ0v) is 21.4. The predicted molar refractivity (Wildman–Crippen MR) is 135 cm³/mol. The summed E-state index contributed by atoms with van der Waals surface area (Å²) in [6.07, 6.45) is -2.55. The fourth-order valence-electron chi connectivity index (χ4n) is 3.27. The summed E-state index contributed by atoms with van der Waals surface area (Å²) < 4.78 is 12.8. The van der Waals surface area contributed by atoms with Crippen molar-refractivity contribution in [3.8, 4) is 11.5 Å². The first-order valence-electron chi connectivity index (χ1n) is 10.4. The fourth-order valence-corrected chi connectivity index (χ4v) is 4.52. The molecule has 7 nitrogen and oxygen atoms in total. The van der Waals surface area contributed by atoms with Gasteiger partial charge in [-0.1, -0.05) is 34.1 Å². The number of nitrogens with one attached hydrogen (secondary N) is 1. The van der Waals surface area contributed by atoms with E-state index in [9.17, 15) is 19.8 Å². The van der Waals surface area contributed by atoms with E-state index >= 15 is 0 Å². The second-order valence-electron chi connectivity index (χ2n) is 7.39. The molecule has 0 fully saturated rings. The highest BCUT2D eigenvalue weighted by atomic mass is 79.9. The van der Waals surface area contributed by atoms with Crippen molar-refractivity contribution in [2.75, 3.05) is 11.9 Å². The van der Waals surface area contributed by atoms with Gasteiger partial charge in [0.15, 0.2) is 11.9 Å². The summed E-state index contributed by atoms with van der Waals surface area (Å²) in [5.41, 5.74) is 1.23. The summed E-state index contributed by atoms with van der Waals surface area (Å²) in [5, 5.41) is 23.0. The molecule has 0 aliphatic rings. The highest BCUT2D eigenvalue weighted by Crippen LogP contribution is 2.39. The molecule has 3 N–H and O–H groups in total. The number of benzene rings is 3. The van der Waals surface area contributed by atoms with E-state index in [1.165, 1.54) is 6.92 Å². The van der Waals surface area contributed by atoms with Crippen LogP contribution in [0.2, 0.25) is 0 Å². The summed E-state index contributed by atoms with van der Waals surface area (Å²) in [6, 6.07) is 18.6. The van der Waals surface area contributed by atoms with Gasteiger partial charge in [-0.2, -0.15) is 0 Å². The first-order chi connectivity index (χ1) is 16.3. The average Bonchev–Trinajstić information content (AvgIpc) is 2.81. The highest BCUT2D eigenvalue weighted by molar-refractivity contribution is 9.11. The maximum Gasteiger partial charge on any atom is 0.412 e. The second kappa shape index (κ2) is 12.0. The number of aliphatic hydroxyl groups excluding tert-OH is 1. The maximum absolute atomic E-state index is 12.8. The summed E-state index contributed by atoms with van der Waals surface area (Å²) in [4.78, 5) is 24.3. The van der Waals surface area contributed by atoms with Gasteiger partial charge in [-0.3, -0.25) is 10.1 Å². The van der Waals surface area contributed by atoms with E-state index in [-0.39, 0.29) is 30.1 Å². The molecule has 0 saturated heterocycles. The minimum absolute atomic E-state index is 0.0881. The maximum atomic E-state index is 12.8. The first kappa shape index (κ1) is 25.7. The molecule has 0 heterocycles. The molecule has 0 aliphatic heterocycles. The molecular formula is C25H23Br2NO6. The summed E-state index contributed by atoms with van der Waals surface area (Å²) in [5.74, 6) is 0.310. The van der Waals surface area contributed by atoms with Crippen LogP contribution in [0.1, 0.15) is 35.4 Å². The van der Waals surface area contributed by atoms with Crippen molar-refractivity contribution in [1.82, 2.24) is 0 Å². The van der Waals surface area contributed by atoms with Gasteiger partial charge in [-0.15, -0.1) is 0 Å². The number of phenols is 1. The van der Waals surface area contributed by atoms with Crippen LogP contribution >= 0.6 is 31.9 Å². The topological polar surface area (TPSA) is 105 Å². The van der Waals surface area contributed by atoms with Crippen LogP contribution in [0.4, 0.5) is 10.5 Å². The van der Waals surface area contributed by atoms with Crippen LogP contribution in [-0.4, -0.2) is 34.8 Å². The Morgan fingerprint density at radius 2 is 1.71 bits per heavy atom. The van der Waals surface area contributed by atoms with Gasteiger partial charge in [0.25, 0.3) is 0 Å². The zero-order valence-electron chi connectivity index (χ0n) is 18.2. The number of Topliss-reactive ketones (excluding diaryl/α,β-unsaturated/α-hetero) is 1. The van der Waals surface area contributed by atoms with Crippen LogP contribution in [0.15, 0.2) is 75.7 Å². The Morgan fingerprint density at radius 1 is 1.03 bits per heavy atom. The van der Waals surface area contributed by atoms with Gasteiger partial charge in [-0.25, -0.2) is 4.79 Å². The number of carbonyl (C=O) groups excluding carboxylic acids is 2. The van der Waals surface area contributed by atoms with Crippen molar-refractivity contribution in [1.29, 1.82) is 0 Å². The van der Waals surface area contributed by atoms with Crippen molar-refractivity contribution in [3.05, 3.63) is 86.8 Å². The van der Waals surface area contributed by atoms with Crippen LogP contribution in [-0.2, 0) is 4.74 Å². The number of rotatable bonds is 9. The molecule has 0 aromatic heterocycles. The lowest BCUT2D eigenvalue weighted by Crippen LogP contribution is -2.32. The molecule has 0 aliphatic carbocycles. The van der Waals surface area contributed by atoms with Gasteiger partial charge >= 0.3 is 6.09 Å². The van der Waals surface area contributed by atoms with Gasteiger partial charge in [-0.05, 0) is 71.4 Å². The molecule has 0 spiro atoms. The van der Waals surface area contributed by atoms with Gasteiger partial charge in [0.1, 0.15) is 17.6 Å². The number of para-hydroxylation sites is 1. The van der Waals surface area contributed by atoms with Gasteiger partial charge in [0.05, 0.1) is 4.47 Å². The van der Waals surface area contributed by atoms with Crippen molar-refractivity contribution < 1.29 is 29.3 Å². The Morgan fingerprint density at radius 3 is 2.32 bits per heavy atom. The van der Waals surface area contributed by atoms with E-state index in [2.05, 4.69) is 37.2 Å². The zero-order chi connectivity index (χ0) is 24.7. The van der Waals surface area contributed by atoms with Crippen molar-refractivity contribution >= 4 is 49.4 Å². The minimum atomic E-state index is -1.07. The van der Waals surface area contributed by atoms with Crippen molar-refractivity contribution in [2.45, 2.75) is 25.6 Å². The predicted octanol–water partition coefficient (Wildman–Crippen LogP) is 6.24. The molecule has 3 aromatic carbocycles. The normalized spacial score (nSPS) is 12.5. The molecule has 0 bridgehead atoms. The smallest absolute Gasteiger partial charge is 0.412 e. The molecule has 178 valence electrons. The van der Waals surface area contributed by atoms with Crippen LogP contribution in [0.3, 0.4) is 0 Å². The first-order valence-corrected chi connectivity index (χ1v) is 12.0. The number of aromatic hydroxyl groups is 1. The van der Waals surface area contributed by atoms with Crippen LogP contribution < -0.4 is 10.1 Å². The van der Waals surface area contributed by atoms with E-state index in [0.29, 0.717) is 25.9 Å². The standard InChI is InChI=1S/C25H23Br2NO6/c1-15(30)16-7-9-18(10-8-16)28-25(32)34-24(20-13-17(26)14-21(27)23(20)31)22(11-12-29)33-19-5-3-2-4-6-19/h2-10,13-14,22,24,29,31H,11-12H2,1H3,(H,28,32)/t22-,24-/m0/s1. The quantitative estimate of drug-likeness (QED) is 0.254. The molecule has 0 radical (unpaired) electrons. The number of hydrogen-bond acceptors (Lipinski definition) is 6. The lowest BCUT2D eigenvalue weighted by atomic mass is 10.0. The molecular weight excluding hydrogens is 570 g/mol. The summed E-state index contributed by atoms with van der Waals surface area (Å²) in [7, 11) is 0. The molecule has 34 heavy (non-hydrogen) atoms. The number of carbonyl (C=O) groups is 2. The highest BCUT2D eigenvalue weighted by Gasteiger charge is 2.32. The molecule has 1 amide bonds. The van der Waals surface area contributed by atoms with Crippen LogP contribution in [0.25, 0.3) is 0 Å². The number of ether oxygens (including phenoxy) is 2. The number of amides is 1. The lowest BCUT2D eigenvalue weighted by molar-refractivity contribution is 0.00792. The summed E-state index contributed by atoms with van der Waals surface area (Å²) in [6.45, 7) is 1.22. The van der Waals surface area contributed by atoms with Crippen molar-refractivity contribution in [3.63, 3.8) is 0 Å². The third-order valence-corrected chi connectivity index (χ3v) is 5.98. The average molecular weight is 593 g/mol. The van der Waals surface area contributed by atoms with E-state index in [1.54, 1.807) is 60.7 Å². The van der Waals surface area contributed by atoms with E-state index in [4.69, 9.17) is 9.47 Å². The van der Waals surface area contributed by atoms with E-state index in [1.807, 2.05) is 6.07 Å². The molecule has 0 saturated carbocycles. The van der Waals surface area contributed by atoms with Crippen molar-refractivity contribution in [2.24, 2.45) is 0 Å². The largest absolute Gasteiger partial charge is 0.506 e. The molecule has 0 unspecified atom stereocenters. The third-order valence-electron chi connectivity index (χ3n) is 4.92. The fraction of sp³-hybridized carbons (Fsp3) is 0.200. The summed E-state index contributed by atoms with van der Waals surface area (Å²) >= 11 is 6.70. The van der Waals surface area contributed by atoms with E-state index in [0.717, 1.165) is 0 Å². The number of hydrogen-bond donors (Lipinski definition) is 3. The molecule has 3 rings (SSSR count). The second-order valence-corrected chi connectivity index (χ2v) is 9.16. The Kier molecular flexibility index (Phi) is 9.09. The van der Waals surface area contributed by atoms with Gasteiger partial charge < -0.3 is 19.7 Å². The van der Waals surface area contributed by atoms with Gasteiger partial charge in [0, 0.05) is 34.3 Å². The molecule has 2 atom stereocenters. The Balaban J connectivity index is 1.91.